The smallest absolute Gasteiger partial charge is 0.320 e. The highest BCUT2D eigenvalue weighted by Gasteiger charge is 2.36. The van der Waals surface area contributed by atoms with E-state index in [1.165, 1.54) is 0 Å². The SMILES string of the molecule is O=C(O)C1CCCCN1C(c1cccs1)c1ccccc1OCc1ccccc1. The summed E-state index contributed by atoms with van der Waals surface area (Å²) in [5.74, 6) is 0.0680. The number of thiophene rings is 1. The van der Waals surface area contributed by atoms with Crippen LogP contribution < -0.4 is 4.74 Å². The van der Waals surface area contributed by atoms with Crippen LogP contribution in [0.4, 0.5) is 0 Å². The van der Waals surface area contributed by atoms with Gasteiger partial charge in [-0.25, -0.2) is 0 Å². The molecule has 4 rings (SSSR count). The van der Waals surface area contributed by atoms with Gasteiger partial charge in [-0.15, -0.1) is 11.3 Å². The number of aliphatic carboxylic acids is 1. The van der Waals surface area contributed by atoms with Crippen LogP contribution >= 0.6 is 11.3 Å². The predicted octanol–water partition coefficient (Wildman–Crippen LogP) is 5.36. The first-order valence-corrected chi connectivity index (χ1v) is 10.9. The van der Waals surface area contributed by atoms with E-state index in [1.54, 1.807) is 11.3 Å². The van der Waals surface area contributed by atoms with E-state index in [9.17, 15) is 9.90 Å². The Morgan fingerprint density at radius 3 is 2.62 bits per heavy atom. The maximum absolute atomic E-state index is 12.0. The van der Waals surface area contributed by atoms with Crippen molar-refractivity contribution in [2.24, 2.45) is 0 Å². The quantitative estimate of drug-likeness (QED) is 0.573. The Morgan fingerprint density at radius 1 is 1.07 bits per heavy atom. The molecule has 2 aromatic carbocycles. The fourth-order valence-corrected chi connectivity index (χ4v) is 4.91. The molecular weight excluding hydrogens is 382 g/mol. The van der Waals surface area contributed by atoms with Crippen LogP contribution in [0.5, 0.6) is 5.75 Å². The number of carbonyl (C=O) groups is 1. The van der Waals surface area contributed by atoms with Crippen molar-refractivity contribution >= 4 is 17.3 Å². The minimum atomic E-state index is -0.742. The van der Waals surface area contributed by atoms with Gasteiger partial charge in [0, 0.05) is 10.4 Å². The zero-order valence-corrected chi connectivity index (χ0v) is 17.1. The Balaban J connectivity index is 1.69. The van der Waals surface area contributed by atoms with Crippen LogP contribution in [0.15, 0.2) is 72.1 Å². The van der Waals surface area contributed by atoms with Gasteiger partial charge in [-0.3, -0.25) is 9.69 Å². The molecule has 1 aromatic heterocycles. The van der Waals surface area contributed by atoms with E-state index in [1.807, 2.05) is 54.6 Å². The number of hydrogen-bond donors (Lipinski definition) is 1. The number of benzene rings is 2. The van der Waals surface area contributed by atoms with Crippen molar-refractivity contribution in [1.82, 2.24) is 4.90 Å². The Morgan fingerprint density at radius 2 is 1.86 bits per heavy atom. The summed E-state index contributed by atoms with van der Waals surface area (Å²) >= 11 is 1.67. The highest BCUT2D eigenvalue weighted by atomic mass is 32.1. The van der Waals surface area contributed by atoms with Crippen LogP contribution in [0.2, 0.25) is 0 Å². The number of hydrogen-bond acceptors (Lipinski definition) is 4. The van der Waals surface area contributed by atoms with Crippen LogP contribution in [-0.2, 0) is 11.4 Å². The molecule has 0 aliphatic carbocycles. The molecule has 0 spiro atoms. The zero-order valence-electron chi connectivity index (χ0n) is 16.2. The summed E-state index contributed by atoms with van der Waals surface area (Å²) in [7, 11) is 0. The van der Waals surface area contributed by atoms with Crippen molar-refractivity contribution < 1.29 is 14.6 Å². The number of likely N-dealkylation sites (tertiary alicyclic amines) is 1. The van der Waals surface area contributed by atoms with Crippen molar-refractivity contribution in [3.63, 3.8) is 0 Å². The Kier molecular flexibility index (Phi) is 6.27. The van der Waals surface area contributed by atoms with Crippen LogP contribution in [0.3, 0.4) is 0 Å². The van der Waals surface area contributed by atoms with Gasteiger partial charge in [0.2, 0.25) is 0 Å². The van der Waals surface area contributed by atoms with E-state index < -0.39 is 12.0 Å². The van der Waals surface area contributed by atoms with Crippen molar-refractivity contribution in [1.29, 1.82) is 0 Å². The second-order valence-electron chi connectivity index (χ2n) is 7.32. The summed E-state index contributed by atoms with van der Waals surface area (Å²) in [5, 5.41) is 11.9. The first-order chi connectivity index (χ1) is 14.2. The first kappa shape index (κ1) is 19.7. The number of carboxylic acid groups (broad SMARTS) is 1. The molecule has 5 heteroatoms. The fourth-order valence-electron chi connectivity index (χ4n) is 4.04. The van der Waals surface area contributed by atoms with Crippen molar-refractivity contribution in [3.05, 3.63) is 88.1 Å². The van der Waals surface area contributed by atoms with Gasteiger partial charge in [0.05, 0.1) is 6.04 Å². The number of piperidine rings is 1. The molecule has 2 unspecified atom stereocenters. The molecular formula is C24H25NO3S. The van der Waals surface area contributed by atoms with Gasteiger partial charge in [-0.2, -0.15) is 0 Å². The Bertz CT molecular complexity index is 926. The number of rotatable bonds is 7. The first-order valence-electron chi connectivity index (χ1n) is 10.0. The number of nitrogens with zero attached hydrogens (tertiary/aromatic N) is 1. The van der Waals surface area contributed by atoms with E-state index in [0.29, 0.717) is 13.0 Å². The molecule has 1 saturated heterocycles. The van der Waals surface area contributed by atoms with Crippen molar-refractivity contribution in [3.8, 4) is 5.75 Å². The normalized spacial score (nSPS) is 18.3. The maximum atomic E-state index is 12.0. The standard InChI is InChI=1S/C24H25NO3S/c26-24(27)20-12-6-7-15-25(20)23(22-14-8-16-29-22)19-11-4-5-13-21(19)28-17-18-9-2-1-3-10-18/h1-5,8-11,13-14,16,20,23H,6-7,12,15,17H2,(H,26,27). The van der Waals surface area contributed by atoms with Crippen LogP contribution in [0, 0.1) is 0 Å². The van der Waals surface area contributed by atoms with Gasteiger partial charge in [-0.1, -0.05) is 61.0 Å². The summed E-state index contributed by atoms with van der Waals surface area (Å²) in [5.41, 5.74) is 2.13. The lowest BCUT2D eigenvalue weighted by atomic mass is 9.95. The van der Waals surface area contributed by atoms with Crippen LogP contribution in [0.1, 0.15) is 41.3 Å². The van der Waals surface area contributed by atoms with Gasteiger partial charge < -0.3 is 9.84 Å². The highest BCUT2D eigenvalue weighted by molar-refractivity contribution is 7.10. The van der Waals surface area contributed by atoms with Crippen molar-refractivity contribution in [2.75, 3.05) is 6.54 Å². The van der Waals surface area contributed by atoms with Crippen molar-refractivity contribution in [2.45, 2.75) is 38.0 Å². The lowest BCUT2D eigenvalue weighted by Gasteiger charge is -2.39. The summed E-state index contributed by atoms with van der Waals surface area (Å²) in [6.45, 7) is 1.25. The lowest BCUT2D eigenvalue weighted by molar-refractivity contribution is -0.145. The summed E-state index contributed by atoms with van der Waals surface area (Å²) < 4.78 is 6.22. The second-order valence-corrected chi connectivity index (χ2v) is 8.30. The molecule has 1 fully saturated rings. The van der Waals surface area contributed by atoms with Gasteiger partial charge in [0.25, 0.3) is 0 Å². The molecule has 1 aliphatic heterocycles. The fraction of sp³-hybridized carbons (Fsp3) is 0.292. The Labute approximate surface area is 175 Å². The molecule has 2 atom stereocenters. The minimum Gasteiger partial charge on any atom is -0.489 e. The molecule has 2 heterocycles. The number of ether oxygens (including phenoxy) is 1. The molecule has 3 aromatic rings. The molecule has 0 amide bonds. The molecule has 1 aliphatic rings. The molecule has 0 radical (unpaired) electrons. The molecule has 1 N–H and O–H groups in total. The summed E-state index contributed by atoms with van der Waals surface area (Å²) in [6, 6.07) is 21.6. The molecule has 4 nitrogen and oxygen atoms in total. The third kappa shape index (κ3) is 4.52. The predicted molar refractivity (Wildman–Crippen MR) is 115 cm³/mol. The number of carboxylic acids is 1. The maximum Gasteiger partial charge on any atom is 0.320 e. The monoisotopic (exact) mass is 407 g/mol. The number of para-hydroxylation sites is 1. The van der Waals surface area contributed by atoms with E-state index >= 15 is 0 Å². The van der Waals surface area contributed by atoms with Gasteiger partial charge in [0.15, 0.2) is 0 Å². The topological polar surface area (TPSA) is 49.8 Å². The second kappa shape index (κ2) is 9.25. The van der Waals surface area contributed by atoms with E-state index in [0.717, 1.165) is 41.1 Å². The highest BCUT2D eigenvalue weighted by Crippen LogP contribution is 2.40. The lowest BCUT2D eigenvalue weighted by Crippen LogP contribution is -2.46. The van der Waals surface area contributed by atoms with Crippen LogP contribution in [0.25, 0.3) is 0 Å². The molecule has 0 bridgehead atoms. The third-order valence-electron chi connectivity index (χ3n) is 5.42. The summed E-state index contributed by atoms with van der Waals surface area (Å²) in [4.78, 5) is 15.3. The molecule has 0 saturated carbocycles. The largest absolute Gasteiger partial charge is 0.489 e. The molecule has 150 valence electrons. The van der Waals surface area contributed by atoms with E-state index in [-0.39, 0.29) is 6.04 Å². The summed E-state index contributed by atoms with van der Waals surface area (Å²) in [6.07, 6.45) is 2.65. The van der Waals surface area contributed by atoms with Crippen LogP contribution in [-0.4, -0.2) is 28.6 Å². The Hall–Kier alpha value is -2.63. The minimum absolute atomic E-state index is 0.122. The zero-order chi connectivity index (χ0) is 20.1. The van der Waals surface area contributed by atoms with E-state index in [4.69, 9.17) is 4.74 Å². The van der Waals surface area contributed by atoms with Gasteiger partial charge in [0.1, 0.15) is 18.4 Å². The van der Waals surface area contributed by atoms with Gasteiger partial charge >= 0.3 is 5.97 Å². The van der Waals surface area contributed by atoms with Gasteiger partial charge in [-0.05, 0) is 42.5 Å². The van der Waals surface area contributed by atoms with E-state index in [2.05, 4.69) is 22.4 Å². The molecule has 29 heavy (non-hydrogen) atoms. The third-order valence-corrected chi connectivity index (χ3v) is 6.35. The average Bonchev–Trinajstić information content (AvgIpc) is 3.29. The average molecular weight is 408 g/mol.